The minimum absolute atomic E-state index is 0. The minimum atomic E-state index is -0.855. The summed E-state index contributed by atoms with van der Waals surface area (Å²) in [6, 6.07) is 18.5. The van der Waals surface area contributed by atoms with Crippen LogP contribution in [0.4, 0.5) is 10.1 Å². The zero-order valence-electron chi connectivity index (χ0n) is 20.3. The van der Waals surface area contributed by atoms with Crippen molar-refractivity contribution in [1.82, 2.24) is 4.98 Å². The van der Waals surface area contributed by atoms with E-state index < -0.39 is 17.8 Å². The van der Waals surface area contributed by atoms with E-state index in [-0.39, 0.29) is 44.5 Å². The predicted octanol–water partition coefficient (Wildman–Crippen LogP) is 7.67. The van der Waals surface area contributed by atoms with Crippen LogP contribution in [0.15, 0.2) is 65.1 Å². The molecule has 0 fully saturated rings. The van der Waals surface area contributed by atoms with E-state index >= 15 is 0 Å². The van der Waals surface area contributed by atoms with E-state index in [4.69, 9.17) is 25.5 Å². The van der Waals surface area contributed by atoms with Gasteiger partial charge >= 0.3 is 6.08 Å². The van der Waals surface area contributed by atoms with E-state index in [0.717, 1.165) is 0 Å². The second-order valence-corrected chi connectivity index (χ2v) is 6.74. The number of benzene rings is 3. The maximum Gasteiger partial charge on any atom is 0.400 e. The molecule has 1 N–H and O–H groups in total. The van der Waals surface area contributed by atoms with Gasteiger partial charge in [-0.1, -0.05) is 39.3 Å². The number of anilines is 1. The van der Waals surface area contributed by atoms with E-state index in [1.807, 2.05) is 27.7 Å². The van der Waals surface area contributed by atoms with Crippen molar-refractivity contribution in [3.05, 3.63) is 77.6 Å². The van der Waals surface area contributed by atoms with Crippen molar-refractivity contribution in [2.45, 2.75) is 40.7 Å². The Morgan fingerprint density at radius 3 is 2.40 bits per heavy atom. The first kappa shape index (κ1) is 30.6. The second-order valence-electron chi connectivity index (χ2n) is 6.31. The maximum atomic E-state index is 13.6. The van der Waals surface area contributed by atoms with Crippen LogP contribution in [0.1, 0.15) is 34.6 Å². The van der Waals surface area contributed by atoms with Gasteiger partial charge in [0.2, 0.25) is 0 Å². The fourth-order valence-electron chi connectivity index (χ4n) is 2.60. The molecule has 0 saturated carbocycles. The molecule has 1 radical (unpaired) electrons. The summed E-state index contributed by atoms with van der Waals surface area (Å²) in [6.07, 6.45) is -0.776. The molecule has 0 aliphatic rings. The summed E-state index contributed by atoms with van der Waals surface area (Å²) >= 11 is 5.93. The third-order valence-electron chi connectivity index (χ3n) is 4.10. The van der Waals surface area contributed by atoms with Gasteiger partial charge in [0.15, 0.2) is 11.7 Å². The number of nitrogens with one attached hydrogen (secondary N) is 1. The molecule has 183 valence electrons. The van der Waals surface area contributed by atoms with Gasteiger partial charge in [0.1, 0.15) is 17.0 Å². The second kappa shape index (κ2) is 15.5. The number of carbonyl (C=O) groups excluding carboxylic acids is 1. The number of para-hydroxylation sites is 1. The monoisotopic (exact) mass is 574 g/mol. The van der Waals surface area contributed by atoms with Crippen molar-refractivity contribution < 1.29 is 55.8 Å². The molecule has 3 aromatic carbocycles. The number of nitrogens with zero attached hydrogens (tertiary/aromatic N) is 1. The molecule has 1 heterocycles. The van der Waals surface area contributed by atoms with E-state index in [9.17, 15) is 9.18 Å². The molecule has 4 aromatic rings. The number of hydrogen-bond donors (Lipinski definition) is 1. The molecule has 0 saturated heterocycles. The average Bonchev–Trinajstić information content (AvgIpc) is 3.25. The van der Waals surface area contributed by atoms with Crippen LogP contribution in [0.3, 0.4) is 0 Å². The van der Waals surface area contributed by atoms with Crippen LogP contribution >= 0.6 is 11.6 Å². The number of halogens is 2. The van der Waals surface area contributed by atoms with Gasteiger partial charge in [-0.25, -0.2) is 0 Å². The molecule has 4 rings (SSSR count). The number of fused-ring (bicyclic) bond motifs is 1. The fraction of sp³-hybridized carbons (Fsp3) is 0.231. The fourth-order valence-corrected chi connectivity index (χ4v) is 2.76. The summed E-state index contributed by atoms with van der Waals surface area (Å²) in [7, 11) is 0. The molecule has 1 amide bonds. The first-order valence-corrected chi connectivity index (χ1v) is 11.3. The molecule has 9 heteroatoms. The maximum absolute atomic E-state index is 13.6. The largest absolute Gasteiger partial charge is 0.481 e. The standard InChI is InChI=1S/C22H15ClFN2O4.2C2H6.Y/c1-13(21(27)25-18-5-3-2-4-17(18)24)28-15-7-9-16(10-8-15)29-22-26-19-11-6-14(23)12-20(19)30-22;2*1-2;/h2-4,6-13H,1H3,(H,25,27);2*1-2H3;/q-1;;;/t13-;;;/m1.../s1. The first-order chi connectivity index (χ1) is 16.5. The van der Waals surface area contributed by atoms with E-state index in [2.05, 4.69) is 16.4 Å². The van der Waals surface area contributed by atoms with Crippen molar-refractivity contribution >= 4 is 34.3 Å². The summed E-state index contributed by atoms with van der Waals surface area (Å²) in [4.78, 5) is 16.4. The van der Waals surface area contributed by atoms with Crippen LogP contribution < -0.4 is 14.8 Å². The average molecular weight is 575 g/mol. The van der Waals surface area contributed by atoms with Crippen LogP contribution in [0.5, 0.6) is 17.6 Å². The molecule has 0 aliphatic carbocycles. The number of hydrogen-bond acceptors (Lipinski definition) is 5. The van der Waals surface area contributed by atoms with Crippen LogP contribution in [-0.2, 0) is 37.5 Å². The number of rotatable bonds is 6. The van der Waals surface area contributed by atoms with Gasteiger partial charge in [-0.2, -0.15) is 23.2 Å². The Bertz CT molecular complexity index is 1200. The minimum Gasteiger partial charge on any atom is -0.481 e. The summed E-state index contributed by atoms with van der Waals surface area (Å²) in [5, 5.41) is 2.98. The molecule has 6 nitrogen and oxygen atoms in total. The molecular formula is C26H27ClFN2O4Y-. The Balaban J connectivity index is 0.00000117. The Morgan fingerprint density at radius 2 is 1.74 bits per heavy atom. The molecular weight excluding hydrogens is 548 g/mol. The number of ether oxygens (including phenoxy) is 2. The van der Waals surface area contributed by atoms with Crippen molar-refractivity contribution in [3.8, 4) is 17.6 Å². The Hall–Kier alpha value is -2.48. The molecule has 0 bridgehead atoms. The molecule has 1 aromatic heterocycles. The summed E-state index contributed by atoms with van der Waals surface area (Å²) in [5.41, 5.74) is 1.12. The zero-order chi connectivity index (χ0) is 25.1. The van der Waals surface area contributed by atoms with Gasteiger partial charge in [0.25, 0.3) is 5.91 Å². The van der Waals surface area contributed by atoms with Gasteiger partial charge in [-0.05, 0) is 49.0 Å². The van der Waals surface area contributed by atoms with E-state index in [1.54, 1.807) is 49.4 Å². The van der Waals surface area contributed by atoms with Crippen LogP contribution in [0, 0.1) is 11.9 Å². The summed E-state index contributed by atoms with van der Waals surface area (Å²) in [6.45, 7) is 9.56. The molecule has 0 spiro atoms. The normalized spacial score (nSPS) is 10.5. The molecule has 0 unspecified atom stereocenters. The predicted molar refractivity (Wildman–Crippen MR) is 132 cm³/mol. The van der Waals surface area contributed by atoms with Crippen LogP contribution in [0.25, 0.3) is 11.1 Å². The van der Waals surface area contributed by atoms with Gasteiger partial charge in [-0.15, -0.1) is 6.07 Å². The Kier molecular flexibility index (Phi) is 13.5. The van der Waals surface area contributed by atoms with Crippen LogP contribution in [-0.4, -0.2) is 17.0 Å². The Morgan fingerprint density at radius 1 is 1.09 bits per heavy atom. The SMILES string of the molecule is CC.CC.C[C@@H](Oc1ccc(Oc2nc3ccc(Cl)cc3o2)cc1)C(=O)Nc1[c-]cccc1F.[Y]. The van der Waals surface area contributed by atoms with Crippen molar-refractivity contribution in [1.29, 1.82) is 0 Å². The van der Waals surface area contributed by atoms with Gasteiger partial charge < -0.3 is 19.2 Å². The topological polar surface area (TPSA) is 73.6 Å². The van der Waals surface area contributed by atoms with Gasteiger partial charge in [-0.3, -0.25) is 9.18 Å². The van der Waals surface area contributed by atoms with Crippen molar-refractivity contribution in [2.75, 3.05) is 5.32 Å². The molecule has 1 atom stereocenters. The van der Waals surface area contributed by atoms with E-state index in [1.165, 1.54) is 18.2 Å². The summed E-state index contributed by atoms with van der Waals surface area (Å²) < 4.78 is 30.3. The number of oxazole rings is 1. The molecule has 0 aliphatic heterocycles. The van der Waals surface area contributed by atoms with Gasteiger partial charge in [0, 0.05) is 49.6 Å². The third kappa shape index (κ3) is 8.91. The molecule has 35 heavy (non-hydrogen) atoms. The van der Waals surface area contributed by atoms with E-state index in [0.29, 0.717) is 27.6 Å². The van der Waals surface area contributed by atoms with Gasteiger partial charge in [0.05, 0.1) is 0 Å². The zero-order valence-corrected chi connectivity index (χ0v) is 23.9. The number of carbonyl (C=O) groups is 1. The quantitative estimate of drug-likeness (QED) is 0.239. The van der Waals surface area contributed by atoms with Crippen molar-refractivity contribution in [3.63, 3.8) is 0 Å². The Labute approximate surface area is 235 Å². The van der Waals surface area contributed by atoms with Crippen LogP contribution in [0.2, 0.25) is 5.02 Å². The number of aromatic nitrogens is 1. The summed E-state index contributed by atoms with van der Waals surface area (Å²) in [5.74, 6) is -0.159. The first-order valence-electron chi connectivity index (χ1n) is 11.0. The number of amides is 1. The van der Waals surface area contributed by atoms with Crippen molar-refractivity contribution in [2.24, 2.45) is 0 Å². The smallest absolute Gasteiger partial charge is 0.400 e. The third-order valence-corrected chi connectivity index (χ3v) is 4.33.